The predicted molar refractivity (Wildman–Crippen MR) is 73.2 cm³/mol. The third kappa shape index (κ3) is 3.18. The number of nitrogens with zero attached hydrogens (tertiary/aromatic N) is 1. The van der Waals surface area contributed by atoms with E-state index in [9.17, 15) is 4.79 Å². The van der Waals surface area contributed by atoms with Gasteiger partial charge in [0, 0.05) is 6.04 Å². The molecule has 0 aliphatic heterocycles. The van der Waals surface area contributed by atoms with Gasteiger partial charge in [0.05, 0.1) is 22.2 Å². The minimum Gasteiger partial charge on any atom is -0.481 e. The molecule has 19 heavy (non-hydrogen) atoms. The summed E-state index contributed by atoms with van der Waals surface area (Å²) in [5, 5.41) is 21.8. The summed E-state index contributed by atoms with van der Waals surface area (Å²) >= 11 is 5.97. The van der Waals surface area contributed by atoms with Crippen LogP contribution < -0.4 is 5.32 Å². The summed E-state index contributed by atoms with van der Waals surface area (Å²) < 4.78 is 0. The average Bonchev–Trinajstić information content (AvgIpc) is 2.39. The molecule has 100 valence electrons. The van der Waals surface area contributed by atoms with Gasteiger partial charge >= 0.3 is 5.97 Å². The van der Waals surface area contributed by atoms with Crippen LogP contribution in [0.15, 0.2) is 18.2 Å². The highest BCUT2D eigenvalue weighted by atomic mass is 35.5. The van der Waals surface area contributed by atoms with Crippen molar-refractivity contribution in [2.24, 2.45) is 5.92 Å². The number of carboxylic acid groups (broad SMARTS) is 1. The fraction of sp³-hybridized carbons (Fsp3) is 0.429. The molecular formula is C14H15ClN2O2. The van der Waals surface area contributed by atoms with Crippen LogP contribution in [-0.4, -0.2) is 17.1 Å². The van der Waals surface area contributed by atoms with Crippen LogP contribution in [0.2, 0.25) is 5.02 Å². The van der Waals surface area contributed by atoms with Crippen LogP contribution in [-0.2, 0) is 4.79 Å². The number of hydrogen-bond acceptors (Lipinski definition) is 3. The SMILES string of the molecule is N#Cc1c(Cl)cccc1NC1CCCC(C(=O)O)C1. The van der Waals surface area contributed by atoms with Crippen LogP contribution in [0.4, 0.5) is 5.69 Å². The Bertz CT molecular complexity index is 525. The molecule has 1 saturated carbocycles. The van der Waals surface area contributed by atoms with Gasteiger partial charge in [-0.2, -0.15) is 5.26 Å². The van der Waals surface area contributed by atoms with Crippen LogP contribution in [0, 0.1) is 17.2 Å². The Hall–Kier alpha value is -1.73. The molecule has 1 aromatic carbocycles. The summed E-state index contributed by atoms with van der Waals surface area (Å²) in [5.41, 5.74) is 1.10. The molecule has 2 unspecified atom stereocenters. The lowest BCUT2D eigenvalue weighted by Gasteiger charge is -2.28. The molecule has 0 radical (unpaired) electrons. The van der Waals surface area contributed by atoms with Crippen molar-refractivity contribution in [2.45, 2.75) is 31.7 Å². The number of carbonyl (C=O) groups is 1. The van der Waals surface area contributed by atoms with Gasteiger partial charge < -0.3 is 10.4 Å². The third-order valence-corrected chi connectivity index (χ3v) is 3.82. The van der Waals surface area contributed by atoms with Crippen molar-refractivity contribution in [2.75, 3.05) is 5.32 Å². The number of benzene rings is 1. The van der Waals surface area contributed by atoms with Crippen molar-refractivity contribution in [3.63, 3.8) is 0 Å². The zero-order valence-corrected chi connectivity index (χ0v) is 11.2. The molecule has 1 aliphatic carbocycles. The second kappa shape index (κ2) is 5.94. The molecule has 1 fully saturated rings. The van der Waals surface area contributed by atoms with E-state index in [2.05, 4.69) is 11.4 Å². The van der Waals surface area contributed by atoms with Gasteiger partial charge in [0.2, 0.25) is 0 Å². The number of nitriles is 1. The maximum atomic E-state index is 11.0. The normalized spacial score (nSPS) is 22.5. The molecule has 0 heterocycles. The second-order valence-electron chi connectivity index (χ2n) is 4.82. The van der Waals surface area contributed by atoms with Gasteiger partial charge in [-0.3, -0.25) is 4.79 Å². The minimum absolute atomic E-state index is 0.0837. The third-order valence-electron chi connectivity index (χ3n) is 3.51. The fourth-order valence-electron chi connectivity index (χ4n) is 2.52. The van der Waals surface area contributed by atoms with Crippen LogP contribution in [0.3, 0.4) is 0 Å². The first-order chi connectivity index (χ1) is 9.11. The number of halogens is 1. The number of anilines is 1. The summed E-state index contributed by atoms with van der Waals surface area (Å²) in [6.07, 6.45) is 3.12. The lowest BCUT2D eigenvalue weighted by atomic mass is 9.85. The van der Waals surface area contributed by atoms with E-state index >= 15 is 0 Å². The molecule has 2 rings (SSSR count). The van der Waals surface area contributed by atoms with E-state index in [0.29, 0.717) is 22.7 Å². The quantitative estimate of drug-likeness (QED) is 0.890. The van der Waals surface area contributed by atoms with Crippen molar-refractivity contribution in [3.05, 3.63) is 28.8 Å². The van der Waals surface area contributed by atoms with Crippen LogP contribution >= 0.6 is 11.6 Å². The monoisotopic (exact) mass is 278 g/mol. The molecule has 1 aliphatic rings. The Morgan fingerprint density at radius 2 is 2.26 bits per heavy atom. The van der Waals surface area contributed by atoms with Crippen molar-refractivity contribution >= 4 is 23.3 Å². The van der Waals surface area contributed by atoms with E-state index in [1.807, 2.05) is 0 Å². The minimum atomic E-state index is -0.738. The largest absolute Gasteiger partial charge is 0.481 e. The van der Waals surface area contributed by atoms with Gasteiger partial charge in [-0.25, -0.2) is 0 Å². The average molecular weight is 279 g/mol. The molecule has 0 aromatic heterocycles. The maximum absolute atomic E-state index is 11.0. The van der Waals surface area contributed by atoms with E-state index in [1.54, 1.807) is 18.2 Å². The molecule has 4 nitrogen and oxygen atoms in total. The number of aliphatic carboxylic acids is 1. The van der Waals surface area contributed by atoms with Gasteiger partial charge in [-0.15, -0.1) is 0 Å². The summed E-state index contributed by atoms with van der Waals surface area (Å²) in [6.45, 7) is 0. The lowest BCUT2D eigenvalue weighted by Crippen LogP contribution is -2.31. The van der Waals surface area contributed by atoms with Crippen molar-refractivity contribution in [1.82, 2.24) is 0 Å². The molecule has 0 bridgehead atoms. The second-order valence-corrected chi connectivity index (χ2v) is 5.22. The van der Waals surface area contributed by atoms with E-state index in [1.165, 1.54) is 0 Å². The zero-order valence-electron chi connectivity index (χ0n) is 10.4. The van der Waals surface area contributed by atoms with Gasteiger partial charge in [0.1, 0.15) is 6.07 Å². The Morgan fingerprint density at radius 3 is 2.95 bits per heavy atom. The lowest BCUT2D eigenvalue weighted by molar-refractivity contribution is -0.142. The first kappa shape index (κ1) is 13.7. The van der Waals surface area contributed by atoms with E-state index in [0.717, 1.165) is 19.3 Å². The van der Waals surface area contributed by atoms with Crippen LogP contribution in [0.1, 0.15) is 31.2 Å². The Morgan fingerprint density at radius 1 is 1.47 bits per heavy atom. The number of carboxylic acids is 1. The highest BCUT2D eigenvalue weighted by Crippen LogP contribution is 2.29. The van der Waals surface area contributed by atoms with Crippen molar-refractivity contribution in [1.29, 1.82) is 5.26 Å². The van der Waals surface area contributed by atoms with Crippen molar-refractivity contribution < 1.29 is 9.90 Å². The Balaban J connectivity index is 2.11. The highest BCUT2D eigenvalue weighted by Gasteiger charge is 2.27. The summed E-state index contributed by atoms with van der Waals surface area (Å²) in [7, 11) is 0. The maximum Gasteiger partial charge on any atom is 0.306 e. The van der Waals surface area contributed by atoms with Crippen molar-refractivity contribution in [3.8, 4) is 6.07 Å². The fourth-order valence-corrected chi connectivity index (χ4v) is 2.74. The molecule has 5 heteroatoms. The first-order valence-electron chi connectivity index (χ1n) is 6.29. The number of nitrogens with one attached hydrogen (secondary N) is 1. The summed E-state index contributed by atoms with van der Waals surface area (Å²) in [5.74, 6) is -1.03. The molecule has 1 aromatic rings. The van der Waals surface area contributed by atoms with Gasteiger partial charge in [-0.1, -0.05) is 24.1 Å². The highest BCUT2D eigenvalue weighted by molar-refractivity contribution is 6.32. The first-order valence-corrected chi connectivity index (χ1v) is 6.67. The van der Waals surface area contributed by atoms with E-state index in [4.69, 9.17) is 22.0 Å². The smallest absolute Gasteiger partial charge is 0.306 e. The molecule has 2 atom stereocenters. The number of rotatable bonds is 3. The predicted octanol–water partition coefficient (Wildman–Crippen LogP) is 3.27. The number of hydrogen-bond donors (Lipinski definition) is 2. The van der Waals surface area contributed by atoms with Gasteiger partial charge in [0.15, 0.2) is 0 Å². The summed E-state index contributed by atoms with van der Waals surface area (Å²) in [6, 6.07) is 7.41. The standard InChI is InChI=1S/C14H15ClN2O2/c15-12-5-2-6-13(11(12)8-16)17-10-4-1-3-9(7-10)14(18)19/h2,5-6,9-10,17H,1,3-4,7H2,(H,18,19). The molecular weight excluding hydrogens is 264 g/mol. The Labute approximate surface area is 117 Å². The topological polar surface area (TPSA) is 73.1 Å². The van der Waals surface area contributed by atoms with Crippen LogP contribution in [0.5, 0.6) is 0 Å². The molecule has 0 spiro atoms. The van der Waals surface area contributed by atoms with E-state index < -0.39 is 5.97 Å². The molecule has 0 saturated heterocycles. The van der Waals surface area contributed by atoms with Crippen LogP contribution in [0.25, 0.3) is 0 Å². The van der Waals surface area contributed by atoms with E-state index in [-0.39, 0.29) is 12.0 Å². The van der Waals surface area contributed by atoms with Gasteiger partial charge in [0.25, 0.3) is 0 Å². The summed E-state index contributed by atoms with van der Waals surface area (Å²) in [4.78, 5) is 11.0. The molecule has 2 N–H and O–H groups in total. The zero-order chi connectivity index (χ0) is 13.8. The molecule has 0 amide bonds. The van der Waals surface area contributed by atoms with Gasteiger partial charge in [-0.05, 0) is 31.4 Å². The Kier molecular flexibility index (Phi) is 4.28.